The lowest BCUT2D eigenvalue weighted by molar-refractivity contribution is -0.135. The third-order valence-electron chi connectivity index (χ3n) is 11.2. The molecule has 0 unspecified atom stereocenters. The predicted octanol–water partition coefficient (Wildman–Crippen LogP) is 7.48. The molecule has 0 bridgehead atoms. The summed E-state index contributed by atoms with van der Waals surface area (Å²) in [6.07, 6.45) is 3.63. The molecule has 4 N–H and O–H groups in total. The number of likely N-dealkylation sites (tertiary alicyclic amines) is 2. The number of ether oxygens (including phenoxy) is 2. The number of hydrogen-bond acceptors (Lipinski definition) is 7. The Labute approximate surface area is 347 Å². The van der Waals surface area contributed by atoms with Gasteiger partial charge in [0.15, 0.2) is 0 Å². The quantitative estimate of drug-likeness (QED) is 0.110. The lowest BCUT2D eigenvalue weighted by Gasteiger charge is -2.29. The molecule has 2 aromatic heterocycles. The first kappa shape index (κ1) is 39.5. The largest absolute Gasteiger partial charge is 0.453 e. The lowest BCUT2D eigenvalue weighted by Crippen LogP contribution is -2.42. The van der Waals surface area contributed by atoms with Crippen molar-refractivity contribution in [3.8, 4) is 23.1 Å². The number of benzene rings is 4. The second kappa shape index (κ2) is 17.7. The smallest absolute Gasteiger partial charge is 0.407 e. The summed E-state index contributed by atoms with van der Waals surface area (Å²) in [5.41, 5.74) is 6.70. The second-order valence-corrected chi connectivity index (χ2v) is 14.9. The number of carbonyl (C=O) groups is 4. The van der Waals surface area contributed by atoms with Gasteiger partial charge in [-0.3, -0.25) is 9.59 Å². The first-order valence-electron chi connectivity index (χ1n) is 20.0. The Morgan fingerprint density at radius 3 is 1.83 bits per heavy atom. The van der Waals surface area contributed by atoms with Crippen molar-refractivity contribution < 1.29 is 28.7 Å². The number of nitrogens with zero attached hydrogens (tertiary/aromatic N) is 3. The summed E-state index contributed by atoms with van der Waals surface area (Å²) < 4.78 is 9.66. The number of alkyl carbamates (subject to hydrolysis) is 2. The Balaban J connectivity index is 0.941. The molecule has 4 atom stereocenters. The van der Waals surface area contributed by atoms with E-state index >= 15 is 0 Å². The molecule has 6 aromatic rings. The molecule has 13 heteroatoms. The van der Waals surface area contributed by atoms with Gasteiger partial charge in [0.05, 0.1) is 38.2 Å². The molecule has 8 rings (SSSR count). The molecule has 2 fully saturated rings. The van der Waals surface area contributed by atoms with E-state index in [4.69, 9.17) is 9.47 Å². The Morgan fingerprint density at radius 1 is 0.683 bits per heavy atom. The Kier molecular flexibility index (Phi) is 11.6. The molecular formula is C47H45N7O6. The number of aromatic nitrogens is 3. The molecule has 4 amide bonds. The zero-order valence-corrected chi connectivity index (χ0v) is 33.3. The van der Waals surface area contributed by atoms with E-state index in [0.29, 0.717) is 30.0 Å². The Morgan fingerprint density at radius 2 is 1.23 bits per heavy atom. The number of fused-ring (bicyclic) bond motifs is 1. The van der Waals surface area contributed by atoms with Crippen molar-refractivity contribution in [2.24, 2.45) is 0 Å². The Hall–Kier alpha value is -7.33. The monoisotopic (exact) mass is 803 g/mol. The van der Waals surface area contributed by atoms with Gasteiger partial charge in [0.25, 0.3) is 5.91 Å². The topological polar surface area (TPSA) is 162 Å². The maximum atomic E-state index is 14.0. The van der Waals surface area contributed by atoms with Crippen LogP contribution in [0.25, 0.3) is 22.2 Å². The van der Waals surface area contributed by atoms with Gasteiger partial charge >= 0.3 is 12.2 Å². The van der Waals surface area contributed by atoms with Crippen molar-refractivity contribution in [2.45, 2.75) is 49.9 Å². The van der Waals surface area contributed by atoms with Gasteiger partial charge in [-0.1, -0.05) is 84.6 Å². The van der Waals surface area contributed by atoms with Crippen molar-refractivity contribution in [1.29, 1.82) is 0 Å². The van der Waals surface area contributed by atoms with Gasteiger partial charge in [0.2, 0.25) is 5.91 Å². The number of carbonyl (C=O) groups excluding carboxylic acids is 4. The van der Waals surface area contributed by atoms with Crippen LogP contribution in [-0.2, 0) is 19.1 Å². The molecule has 304 valence electrons. The van der Waals surface area contributed by atoms with E-state index in [1.807, 2.05) is 108 Å². The minimum Gasteiger partial charge on any atom is -0.453 e. The molecular weight excluding hydrogens is 759 g/mol. The number of imidazole rings is 1. The van der Waals surface area contributed by atoms with E-state index in [0.717, 1.165) is 64.7 Å². The number of aromatic amines is 2. The van der Waals surface area contributed by atoms with Crippen molar-refractivity contribution in [2.75, 3.05) is 27.3 Å². The Bertz CT molecular complexity index is 2560. The fraction of sp³-hybridized carbons (Fsp3) is 0.255. The van der Waals surface area contributed by atoms with E-state index in [-0.39, 0.29) is 23.9 Å². The molecule has 2 saturated heterocycles. The first-order valence-corrected chi connectivity index (χ1v) is 20.0. The number of H-pyrrole nitrogens is 2. The number of amides is 4. The van der Waals surface area contributed by atoms with Crippen LogP contribution in [0.1, 0.15) is 83.6 Å². The van der Waals surface area contributed by atoms with Crippen LogP contribution in [0.4, 0.5) is 9.59 Å². The van der Waals surface area contributed by atoms with Crippen LogP contribution < -0.4 is 10.6 Å². The van der Waals surface area contributed by atoms with E-state index in [2.05, 4.69) is 43.5 Å². The molecule has 4 aromatic carbocycles. The molecule has 60 heavy (non-hydrogen) atoms. The molecule has 0 spiro atoms. The predicted molar refractivity (Wildman–Crippen MR) is 225 cm³/mol. The molecule has 13 nitrogen and oxygen atoms in total. The van der Waals surface area contributed by atoms with Crippen LogP contribution in [-0.4, -0.2) is 76.1 Å². The minimum absolute atomic E-state index is 0.170. The molecule has 0 radical (unpaired) electrons. The molecule has 2 aliphatic rings. The van der Waals surface area contributed by atoms with Gasteiger partial charge < -0.3 is 39.9 Å². The maximum Gasteiger partial charge on any atom is 0.407 e. The van der Waals surface area contributed by atoms with Crippen molar-refractivity contribution in [1.82, 2.24) is 35.4 Å². The summed E-state index contributed by atoms with van der Waals surface area (Å²) in [4.78, 5) is 67.5. The lowest BCUT2D eigenvalue weighted by atomic mass is 10.0. The number of nitrogens with one attached hydrogen (secondary N) is 4. The maximum absolute atomic E-state index is 14.0. The first-order chi connectivity index (χ1) is 29.3. The molecule has 4 heterocycles. The van der Waals surface area contributed by atoms with Gasteiger partial charge in [-0.2, -0.15) is 0 Å². The van der Waals surface area contributed by atoms with Crippen molar-refractivity contribution in [3.05, 3.63) is 149 Å². The van der Waals surface area contributed by atoms with Gasteiger partial charge in [-0.25, -0.2) is 14.6 Å². The fourth-order valence-electron chi connectivity index (χ4n) is 8.16. The highest BCUT2D eigenvalue weighted by Crippen LogP contribution is 2.36. The molecule has 0 aliphatic carbocycles. The number of rotatable bonds is 9. The van der Waals surface area contributed by atoms with E-state index in [9.17, 15) is 19.2 Å². The number of hydrogen-bond donors (Lipinski definition) is 4. The van der Waals surface area contributed by atoms with Crippen LogP contribution in [0.2, 0.25) is 0 Å². The van der Waals surface area contributed by atoms with Gasteiger partial charge in [0, 0.05) is 40.8 Å². The fourth-order valence-corrected chi connectivity index (χ4v) is 8.16. The van der Waals surface area contributed by atoms with Gasteiger partial charge in [-0.05, 0) is 78.8 Å². The van der Waals surface area contributed by atoms with Crippen LogP contribution in [0.3, 0.4) is 0 Å². The average Bonchev–Trinajstić information content (AvgIpc) is 4.13. The summed E-state index contributed by atoms with van der Waals surface area (Å²) in [5.74, 6) is 6.86. The summed E-state index contributed by atoms with van der Waals surface area (Å²) in [7, 11) is 2.56. The zero-order valence-electron chi connectivity index (χ0n) is 33.3. The number of methoxy groups -OCH3 is 2. The highest BCUT2D eigenvalue weighted by molar-refractivity contribution is 5.89. The van der Waals surface area contributed by atoms with Gasteiger partial charge in [0.1, 0.15) is 17.9 Å². The van der Waals surface area contributed by atoms with E-state index in [1.54, 1.807) is 11.1 Å². The normalized spacial score (nSPS) is 17.0. The van der Waals surface area contributed by atoms with Crippen molar-refractivity contribution in [3.63, 3.8) is 0 Å². The van der Waals surface area contributed by atoms with Crippen LogP contribution in [0.5, 0.6) is 0 Å². The summed E-state index contributed by atoms with van der Waals surface area (Å²) in [6, 6.07) is 32.2. The summed E-state index contributed by atoms with van der Waals surface area (Å²) in [5, 5.41) is 6.42. The minimum atomic E-state index is -0.886. The second-order valence-electron chi connectivity index (χ2n) is 14.9. The zero-order chi connectivity index (χ0) is 41.6. The highest BCUT2D eigenvalue weighted by Gasteiger charge is 2.38. The average molecular weight is 804 g/mol. The standard InChI is InChI=1S/C47H45N7O6/c1-59-46(57)51-41(33-11-5-3-6-12-33)44(55)53-25-9-15-39(53)37-28-35-27-31(21-24-36(35)49-37)18-17-30-19-22-32(23-20-30)38-29-48-43(50-38)40-16-10-26-54(40)45(56)42(52-47(58)60-2)34-13-7-4-8-14-34/h3-8,11-14,19-24,27-29,39-42,49H,9-10,15-16,25-26H2,1-2H3,(H,48,50)(H,51,57)(H,52,58)/t39-,40-,41+,42+/m0/s1. The summed E-state index contributed by atoms with van der Waals surface area (Å²) >= 11 is 0. The molecule has 2 aliphatic heterocycles. The molecule has 0 saturated carbocycles. The third-order valence-corrected chi connectivity index (χ3v) is 11.2. The third kappa shape index (κ3) is 8.44. The summed E-state index contributed by atoms with van der Waals surface area (Å²) in [6.45, 7) is 1.13. The van der Waals surface area contributed by atoms with Gasteiger partial charge in [-0.15, -0.1) is 0 Å². The van der Waals surface area contributed by atoms with Crippen LogP contribution >= 0.6 is 0 Å². The van der Waals surface area contributed by atoms with Crippen LogP contribution in [0, 0.1) is 11.8 Å². The van der Waals surface area contributed by atoms with E-state index in [1.165, 1.54) is 14.2 Å². The van der Waals surface area contributed by atoms with Crippen LogP contribution in [0.15, 0.2) is 115 Å². The highest BCUT2D eigenvalue weighted by atomic mass is 16.5. The SMILES string of the molecule is COC(=O)N[C@@H](C(=O)N1CCC[C@H]1c1cc2cc(C#Cc3ccc(-c4cnc([C@@H]5CCCN5C(=O)[C@H](NC(=O)OC)c5ccccc5)[nH]4)cc3)ccc2[nH]1)c1ccccc1. The van der Waals surface area contributed by atoms with E-state index < -0.39 is 24.3 Å². The van der Waals surface area contributed by atoms with Crippen molar-refractivity contribution >= 4 is 34.9 Å².